The van der Waals surface area contributed by atoms with Gasteiger partial charge in [-0.2, -0.15) is 0 Å². The predicted molar refractivity (Wildman–Crippen MR) is 101 cm³/mol. The number of morpholine rings is 1. The number of ether oxygens (including phenoxy) is 1. The van der Waals surface area contributed by atoms with Crippen LogP contribution in [0.4, 0.5) is 0 Å². The number of nitrogens with zero attached hydrogens (tertiary/aromatic N) is 1. The summed E-state index contributed by atoms with van der Waals surface area (Å²) in [4.78, 5) is 17.2. The molecular weight excluding hydrogens is 332 g/mol. The number of thiophene rings is 1. The van der Waals surface area contributed by atoms with Crippen molar-refractivity contribution in [2.45, 2.75) is 56.9 Å². The van der Waals surface area contributed by atoms with Crippen molar-refractivity contribution in [3.63, 3.8) is 0 Å². The molecule has 5 heteroatoms. The molecule has 0 spiro atoms. The molecule has 4 rings (SSSR count). The van der Waals surface area contributed by atoms with E-state index in [4.69, 9.17) is 4.74 Å². The van der Waals surface area contributed by atoms with E-state index in [1.807, 2.05) is 0 Å². The van der Waals surface area contributed by atoms with Crippen LogP contribution in [-0.2, 0) is 14.9 Å². The van der Waals surface area contributed by atoms with Crippen LogP contribution in [0.15, 0.2) is 17.5 Å². The Morgan fingerprint density at radius 1 is 1.28 bits per heavy atom. The topological polar surface area (TPSA) is 41.6 Å². The lowest BCUT2D eigenvalue weighted by atomic mass is 9.89. The van der Waals surface area contributed by atoms with Crippen LogP contribution in [0.5, 0.6) is 0 Å². The van der Waals surface area contributed by atoms with E-state index < -0.39 is 0 Å². The Hall–Kier alpha value is -0.910. The third-order valence-electron chi connectivity index (χ3n) is 6.64. The minimum atomic E-state index is -0.318. The van der Waals surface area contributed by atoms with Gasteiger partial charge in [0.2, 0.25) is 5.91 Å². The lowest BCUT2D eigenvalue weighted by Crippen LogP contribution is -2.58. The third-order valence-corrected chi connectivity index (χ3v) is 7.67. The number of hydrogen-bond acceptors (Lipinski definition) is 4. The maximum absolute atomic E-state index is 13.5. The van der Waals surface area contributed by atoms with Crippen molar-refractivity contribution < 1.29 is 9.53 Å². The maximum Gasteiger partial charge on any atom is 0.232 e. The van der Waals surface area contributed by atoms with Crippen LogP contribution in [0.3, 0.4) is 0 Å². The molecule has 138 valence electrons. The van der Waals surface area contributed by atoms with Gasteiger partial charge in [0.05, 0.1) is 24.2 Å². The van der Waals surface area contributed by atoms with E-state index >= 15 is 0 Å². The molecule has 2 heterocycles. The van der Waals surface area contributed by atoms with Crippen molar-refractivity contribution in [2.24, 2.45) is 5.41 Å². The fourth-order valence-corrected chi connectivity index (χ4v) is 6.07. The first-order valence-corrected chi connectivity index (χ1v) is 10.5. The van der Waals surface area contributed by atoms with Gasteiger partial charge in [-0.3, -0.25) is 9.69 Å². The van der Waals surface area contributed by atoms with Gasteiger partial charge < -0.3 is 10.1 Å². The summed E-state index contributed by atoms with van der Waals surface area (Å²) in [5, 5.41) is 5.67. The van der Waals surface area contributed by atoms with Crippen LogP contribution in [0.1, 0.15) is 50.8 Å². The molecule has 1 saturated heterocycles. The normalized spacial score (nSPS) is 31.0. The summed E-state index contributed by atoms with van der Waals surface area (Å²) < 4.78 is 5.49. The highest BCUT2D eigenvalue weighted by molar-refractivity contribution is 7.10. The summed E-state index contributed by atoms with van der Waals surface area (Å²) in [6.45, 7) is 9.04. The van der Waals surface area contributed by atoms with Gasteiger partial charge >= 0.3 is 0 Å². The zero-order valence-corrected chi connectivity index (χ0v) is 16.3. The maximum atomic E-state index is 13.5. The molecule has 1 unspecified atom stereocenters. The van der Waals surface area contributed by atoms with Crippen LogP contribution < -0.4 is 5.32 Å². The molecule has 4 nitrogen and oxygen atoms in total. The Morgan fingerprint density at radius 2 is 1.96 bits per heavy atom. The Balaban J connectivity index is 1.53. The highest BCUT2D eigenvalue weighted by Crippen LogP contribution is 2.65. The van der Waals surface area contributed by atoms with Gasteiger partial charge in [0.1, 0.15) is 0 Å². The molecule has 1 amide bonds. The fourth-order valence-electron chi connectivity index (χ4n) is 4.97. The zero-order chi connectivity index (χ0) is 17.5. The van der Waals surface area contributed by atoms with Crippen molar-refractivity contribution in [3.05, 3.63) is 22.4 Å². The molecule has 0 aromatic carbocycles. The predicted octanol–water partition coefficient (Wildman–Crippen LogP) is 3.18. The van der Waals surface area contributed by atoms with Crippen molar-refractivity contribution in [1.29, 1.82) is 0 Å². The molecule has 1 aromatic rings. The van der Waals surface area contributed by atoms with Gasteiger partial charge in [-0.05, 0) is 36.1 Å². The lowest BCUT2D eigenvalue weighted by molar-refractivity contribution is -0.126. The molecule has 3 fully saturated rings. The number of rotatable bonds is 5. The van der Waals surface area contributed by atoms with Crippen molar-refractivity contribution in [1.82, 2.24) is 10.2 Å². The van der Waals surface area contributed by atoms with Crippen LogP contribution in [0.2, 0.25) is 0 Å². The highest BCUT2D eigenvalue weighted by Gasteiger charge is 2.68. The molecule has 1 aliphatic heterocycles. The van der Waals surface area contributed by atoms with E-state index in [1.54, 1.807) is 11.3 Å². The average molecular weight is 363 g/mol. The van der Waals surface area contributed by atoms with Gasteiger partial charge in [0.25, 0.3) is 0 Å². The van der Waals surface area contributed by atoms with E-state index in [1.165, 1.54) is 17.7 Å². The first-order chi connectivity index (χ1) is 12.0. The SMILES string of the molecule is CC1(C)CC1(C(=O)NC1(CN2CCOCC2)CCCC1)c1cccs1. The Labute approximate surface area is 154 Å². The first kappa shape index (κ1) is 17.5. The van der Waals surface area contributed by atoms with Crippen LogP contribution in [0, 0.1) is 5.41 Å². The number of carbonyl (C=O) groups excluding carboxylic acids is 1. The Kier molecular flexibility index (Phi) is 4.45. The lowest BCUT2D eigenvalue weighted by Gasteiger charge is -2.39. The largest absolute Gasteiger partial charge is 0.379 e. The second-order valence-corrected chi connectivity index (χ2v) is 9.72. The zero-order valence-electron chi connectivity index (χ0n) is 15.5. The first-order valence-electron chi connectivity index (χ1n) is 9.64. The standard InChI is InChI=1S/C20H30N2O2S/c1-18(2)14-20(18,16-6-5-13-25-16)17(23)21-19(7-3-4-8-19)15-22-9-11-24-12-10-22/h5-6,13H,3-4,7-12,14-15H2,1-2H3,(H,21,23). The molecule has 1 N–H and O–H groups in total. The van der Waals surface area contributed by atoms with Crippen molar-refractivity contribution in [3.8, 4) is 0 Å². The molecule has 1 aromatic heterocycles. The van der Waals surface area contributed by atoms with Gasteiger partial charge in [-0.1, -0.05) is 32.8 Å². The molecule has 0 bridgehead atoms. The van der Waals surface area contributed by atoms with E-state index in [-0.39, 0.29) is 22.3 Å². The molecule has 3 aliphatic rings. The van der Waals surface area contributed by atoms with Crippen molar-refractivity contribution >= 4 is 17.2 Å². The molecule has 25 heavy (non-hydrogen) atoms. The van der Waals surface area contributed by atoms with E-state index in [0.717, 1.165) is 52.1 Å². The third kappa shape index (κ3) is 3.04. The van der Waals surface area contributed by atoms with Gasteiger partial charge in [0, 0.05) is 24.5 Å². The summed E-state index contributed by atoms with van der Waals surface area (Å²) in [6, 6.07) is 4.21. The molecule has 2 saturated carbocycles. The number of hydrogen-bond donors (Lipinski definition) is 1. The van der Waals surface area contributed by atoms with Crippen LogP contribution >= 0.6 is 11.3 Å². The minimum Gasteiger partial charge on any atom is -0.379 e. The quantitative estimate of drug-likeness (QED) is 0.875. The summed E-state index contributed by atoms with van der Waals surface area (Å²) in [5.41, 5.74) is -0.306. The molecule has 2 aliphatic carbocycles. The van der Waals surface area contributed by atoms with Crippen LogP contribution in [0.25, 0.3) is 0 Å². The van der Waals surface area contributed by atoms with E-state index in [0.29, 0.717) is 0 Å². The number of nitrogens with one attached hydrogen (secondary N) is 1. The number of carbonyl (C=O) groups is 1. The van der Waals surface area contributed by atoms with Crippen LogP contribution in [-0.4, -0.2) is 49.2 Å². The van der Waals surface area contributed by atoms with Gasteiger partial charge in [0.15, 0.2) is 0 Å². The monoisotopic (exact) mass is 362 g/mol. The molecular formula is C20H30N2O2S. The molecule has 0 radical (unpaired) electrons. The minimum absolute atomic E-state index is 0.0443. The summed E-state index contributed by atoms with van der Waals surface area (Å²) in [7, 11) is 0. The summed E-state index contributed by atoms with van der Waals surface area (Å²) >= 11 is 1.73. The Morgan fingerprint density at radius 3 is 2.52 bits per heavy atom. The second-order valence-electron chi connectivity index (χ2n) is 8.77. The summed E-state index contributed by atoms with van der Waals surface area (Å²) in [5.74, 6) is 0.259. The molecule has 1 atom stereocenters. The van der Waals surface area contributed by atoms with Gasteiger partial charge in [-0.25, -0.2) is 0 Å². The fraction of sp³-hybridized carbons (Fsp3) is 0.750. The number of amides is 1. The van der Waals surface area contributed by atoms with Crippen molar-refractivity contribution in [2.75, 3.05) is 32.8 Å². The smallest absolute Gasteiger partial charge is 0.232 e. The Bertz CT molecular complexity index is 616. The van der Waals surface area contributed by atoms with E-state index in [2.05, 4.69) is 41.6 Å². The average Bonchev–Trinajstić information content (AvgIpc) is 3.03. The van der Waals surface area contributed by atoms with Gasteiger partial charge in [-0.15, -0.1) is 11.3 Å². The van der Waals surface area contributed by atoms with E-state index in [9.17, 15) is 4.79 Å². The summed E-state index contributed by atoms with van der Waals surface area (Å²) in [6.07, 6.45) is 5.62. The highest BCUT2D eigenvalue weighted by atomic mass is 32.1. The second kappa shape index (κ2) is 6.36.